The predicted octanol–water partition coefficient (Wildman–Crippen LogP) is 1.60. The van der Waals surface area contributed by atoms with Gasteiger partial charge in [-0.2, -0.15) is 0 Å². The highest BCUT2D eigenvalue weighted by molar-refractivity contribution is 5.77. The van der Waals surface area contributed by atoms with Crippen LogP contribution >= 0.6 is 0 Å². The number of hydrogen-bond acceptors (Lipinski definition) is 2. The van der Waals surface area contributed by atoms with Gasteiger partial charge in [-0.05, 0) is 24.5 Å². The minimum absolute atomic E-state index is 0.0959. The highest BCUT2D eigenvalue weighted by atomic mass is 16.1. The van der Waals surface area contributed by atoms with Gasteiger partial charge in [0.2, 0.25) is 5.91 Å². The third-order valence-corrected chi connectivity index (χ3v) is 2.66. The van der Waals surface area contributed by atoms with Crippen LogP contribution in [0.5, 0.6) is 0 Å². The Labute approximate surface area is 83.5 Å². The number of pyridine rings is 1. The van der Waals surface area contributed by atoms with Gasteiger partial charge >= 0.3 is 0 Å². The van der Waals surface area contributed by atoms with Gasteiger partial charge in [-0.25, -0.2) is 0 Å². The second-order valence-corrected chi connectivity index (χ2v) is 3.73. The summed E-state index contributed by atoms with van der Waals surface area (Å²) in [6.07, 6.45) is 6.20. The van der Waals surface area contributed by atoms with Gasteiger partial charge in [0.15, 0.2) is 0 Å². The van der Waals surface area contributed by atoms with Crippen molar-refractivity contribution in [3.05, 3.63) is 30.1 Å². The number of rotatable bonds is 3. The highest BCUT2D eigenvalue weighted by Crippen LogP contribution is 2.45. The summed E-state index contributed by atoms with van der Waals surface area (Å²) in [4.78, 5) is 15.4. The molecule has 14 heavy (non-hydrogen) atoms. The molecule has 1 N–H and O–H groups in total. The maximum atomic E-state index is 11.3. The highest BCUT2D eigenvalue weighted by Gasteiger charge is 2.45. The molecule has 1 aromatic heterocycles. The summed E-state index contributed by atoms with van der Waals surface area (Å²) in [5, 5.41) is 3.05. The van der Waals surface area contributed by atoms with Crippen molar-refractivity contribution in [2.24, 2.45) is 0 Å². The fourth-order valence-electron chi connectivity index (χ4n) is 1.61. The first-order chi connectivity index (χ1) is 6.77. The van der Waals surface area contributed by atoms with Gasteiger partial charge in [0.25, 0.3) is 0 Å². The third-order valence-electron chi connectivity index (χ3n) is 2.66. The van der Waals surface area contributed by atoms with Crippen LogP contribution in [0.3, 0.4) is 0 Å². The molecule has 0 spiro atoms. The van der Waals surface area contributed by atoms with Crippen LogP contribution in [-0.4, -0.2) is 10.9 Å². The zero-order valence-corrected chi connectivity index (χ0v) is 8.29. The number of hydrogen-bond donors (Lipinski definition) is 1. The first kappa shape index (κ1) is 9.19. The Bertz CT molecular complexity index is 330. The number of carbonyl (C=O) groups is 1. The zero-order valence-electron chi connectivity index (χ0n) is 8.29. The number of amides is 1. The van der Waals surface area contributed by atoms with Gasteiger partial charge < -0.3 is 5.32 Å². The molecule has 1 fully saturated rings. The first-order valence-corrected chi connectivity index (χ1v) is 4.98. The van der Waals surface area contributed by atoms with Crippen LogP contribution in [0, 0.1) is 0 Å². The molecule has 0 bridgehead atoms. The molecule has 1 aromatic rings. The average molecular weight is 190 g/mol. The van der Waals surface area contributed by atoms with Crippen molar-refractivity contribution in [2.75, 3.05) is 0 Å². The summed E-state index contributed by atoms with van der Waals surface area (Å²) in [5.41, 5.74) is 1.03. The molecule has 1 amide bonds. The van der Waals surface area contributed by atoms with Crippen molar-refractivity contribution in [1.82, 2.24) is 10.3 Å². The van der Waals surface area contributed by atoms with Crippen LogP contribution in [0.4, 0.5) is 0 Å². The van der Waals surface area contributed by atoms with Crippen molar-refractivity contribution in [3.63, 3.8) is 0 Å². The fraction of sp³-hybridized carbons (Fsp3) is 0.455. The van der Waals surface area contributed by atoms with Gasteiger partial charge in [-0.1, -0.05) is 13.0 Å². The molecule has 0 aromatic carbocycles. The SMILES string of the molecule is CCC(=O)NC1(c2cccnc2)CC1. The molecular weight excluding hydrogens is 176 g/mol. The second kappa shape index (κ2) is 3.40. The van der Waals surface area contributed by atoms with E-state index in [1.54, 1.807) is 6.20 Å². The molecule has 3 heteroatoms. The normalized spacial score (nSPS) is 17.5. The topological polar surface area (TPSA) is 42.0 Å². The number of nitrogens with zero attached hydrogens (tertiary/aromatic N) is 1. The molecular formula is C11H14N2O. The maximum absolute atomic E-state index is 11.3. The Balaban J connectivity index is 2.14. The lowest BCUT2D eigenvalue weighted by Gasteiger charge is -2.16. The lowest BCUT2D eigenvalue weighted by Crippen LogP contribution is -2.34. The van der Waals surface area contributed by atoms with Gasteiger partial charge in [0.1, 0.15) is 0 Å². The van der Waals surface area contributed by atoms with E-state index in [2.05, 4.69) is 10.3 Å². The summed E-state index contributed by atoms with van der Waals surface area (Å²) in [7, 11) is 0. The fourth-order valence-corrected chi connectivity index (χ4v) is 1.61. The van der Waals surface area contributed by atoms with E-state index in [0.29, 0.717) is 6.42 Å². The first-order valence-electron chi connectivity index (χ1n) is 4.98. The largest absolute Gasteiger partial charge is 0.347 e. The number of nitrogens with one attached hydrogen (secondary N) is 1. The van der Waals surface area contributed by atoms with Crippen molar-refractivity contribution >= 4 is 5.91 Å². The molecule has 1 saturated carbocycles. The van der Waals surface area contributed by atoms with Crippen LogP contribution in [0.2, 0.25) is 0 Å². The molecule has 0 atom stereocenters. The molecule has 0 radical (unpaired) electrons. The third kappa shape index (κ3) is 1.62. The average Bonchev–Trinajstić information content (AvgIpc) is 3.00. The molecule has 0 aliphatic heterocycles. The minimum Gasteiger partial charge on any atom is -0.347 e. The smallest absolute Gasteiger partial charge is 0.220 e. The Morgan fingerprint density at radius 3 is 2.93 bits per heavy atom. The number of carbonyl (C=O) groups excluding carboxylic acids is 1. The van der Waals surface area contributed by atoms with Gasteiger partial charge in [0, 0.05) is 18.8 Å². The summed E-state index contributed by atoms with van der Waals surface area (Å²) >= 11 is 0. The van der Waals surface area contributed by atoms with E-state index in [1.165, 1.54) is 0 Å². The van der Waals surface area contributed by atoms with E-state index in [1.807, 2.05) is 25.3 Å². The van der Waals surface area contributed by atoms with E-state index in [-0.39, 0.29) is 11.4 Å². The van der Waals surface area contributed by atoms with Gasteiger partial charge in [-0.15, -0.1) is 0 Å². The maximum Gasteiger partial charge on any atom is 0.220 e. The van der Waals surface area contributed by atoms with Crippen molar-refractivity contribution < 1.29 is 4.79 Å². The monoisotopic (exact) mass is 190 g/mol. The minimum atomic E-state index is -0.0959. The van der Waals surface area contributed by atoms with Crippen molar-refractivity contribution in [2.45, 2.75) is 31.7 Å². The van der Waals surface area contributed by atoms with E-state index < -0.39 is 0 Å². The van der Waals surface area contributed by atoms with Crippen LogP contribution in [0.1, 0.15) is 31.7 Å². The van der Waals surface area contributed by atoms with E-state index in [0.717, 1.165) is 18.4 Å². The van der Waals surface area contributed by atoms with Gasteiger partial charge in [-0.3, -0.25) is 9.78 Å². The summed E-state index contributed by atoms with van der Waals surface area (Å²) in [6.45, 7) is 1.87. The molecule has 0 saturated heterocycles. The van der Waals surface area contributed by atoms with E-state index >= 15 is 0 Å². The summed E-state index contributed by atoms with van der Waals surface area (Å²) < 4.78 is 0. The Kier molecular flexibility index (Phi) is 2.23. The molecule has 3 nitrogen and oxygen atoms in total. The van der Waals surface area contributed by atoms with Gasteiger partial charge in [0.05, 0.1) is 5.54 Å². The molecule has 0 unspecified atom stereocenters. The molecule has 74 valence electrons. The van der Waals surface area contributed by atoms with E-state index in [9.17, 15) is 4.79 Å². The molecule has 1 heterocycles. The lowest BCUT2D eigenvalue weighted by atomic mass is 10.1. The second-order valence-electron chi connectivity index (χ2n) is 3.73. The quantitative estimate of drug-likeness (QED) is 0.786. The summed E-state index contributed by atoms with van der Waals surface area (Å²) in [5.74, 6) is 0.117. The molecule has 1 aliphatic rings. The Morgan fingerprint density at radius 1 is 1.64 bits per heavy atom. The molecule has 1 aliphatic carbocycles. The molecule has 2 rings (SSSR count). The van der Waals surface area contributed by atoms with Crippen LogP contribution in [0.15, 0.2) is 24.5 Å². The standard InChI is InChI=1S/C11H14N2O/c1-2-10(14)13-11(5-6-11)9-4-3-7-12-8-9/h3-4,7-8H,2,5-6H2,1H3,(H,13,14). The summed E-state index contributed by atoms with van der Waals surface area (Å²) in [6, 6.07) is 3.93. The van der Waals surface area contributed by atoms with E-state index in [4.69, 9.17) is 0 Å². The Hall–Kier alpha value is -1.38. The van der Waals surface area contributed by atoms with Crippen molar-refractivity contribution in [1.29, 1.82) is 0 Å². The van der Waals surface area contributed by atoms with Crippen molar-refractivity contribution in [3.8, 4) is 0 Å². The number of aromatic nitrogens is 1. The van der Waals surface area contributed by atoms with Crippen LogP contribution < -0.4 is 5.32 Å². The predicted molar refractivity (Wildman–Crippen MR) is 53.6 cm³/mol. The van der Waals surface area contributed by atoms with Crippen LogP contribution in [-0.2, 0) is 10.3 Å². The Morgan fingerprint density at radius 2 is 2.43 bits per heavy atom. The van der Waals surface area contributed by atoms with Crippen LogP contribution in [0.25, 0.3) is 0 Å². The lowest BCUT2D eigenvalue weighted by molar-refractivity contribution is -0.121. The zero-order chi connectivity index (χ0) is 10.0.